The number of hydrogen-bond donors (Lipinski definition) is 1. The molecule has 24 heavy (non-hydrogen) atoms. The number of halogens is 1. The highest BCUT2D eigenvalue weighted by atomic mass is 19.1. The third kappa shape index (κ3) is 2.43. The van der Waals surface area contributed by atoms with Crippen LogP contribution in [0.2, 0.25) is 0 Å². The van der Waals surface area contributed by atoms with Gasteiger partial charge in [-0.05, 0) is 41.7 Å². The number of ether oxygens (including phenoxy) is 1. The van der Waals surface area contributed by atoms with E-state index < -0.39 is 0 Å². The van der Waals surface area contributed by atoms with Crippen molar-refractivity contribution >= 4 is 5.69 Å². The molecule has 3 atom stereocenters. The Balaban J connectivity index is 1.67. The summed E-state index contributed by atoms with van der Waals surface area (Å²) < 4.78 is 19.6. The monoisotopic (exact) mass is 320 g/mol. The number of nitrogens with one attached hydrogen (secondary N) is 1. The molecule has 1 aliphatic heterocycles. The third-order valence-electron chi connectivity index (χ3n) is 4.89. The van der Waals surface area contributed by atoms with E-state index in [-0.39, 0.29) is 24.4 Å². The zero-order chi connectivity index (χ0) is 16.5. The Kier molecular flexibility index (Phi) is 3.70. The van der Waals surface area contributed by atoms with E-state index in [1.165, 1.54) is 6.07 Å². The van der Waals surface area contributed by atoms with Crippen LogP contribution in [0.5, 0.6) is 5.75 Å². The standard InChI is InChI=1S/C20H17FN2O/c21-18-6-2-5-17-15-3-1-4-16(15)19(23-20(17)18)13-7-9-14(10-8-13)24-12-11-22/h1-3,5-10,15-16,19,23H,4,12H2/t15-,16-,19-/m0/s1. The molecule has 1 aliphatic carbocycles. The summed E-state index contributed by atoms with van der Waals surface area (Å²) in [6, 6.07) is 15.0. The molecule has 4 rings (SSSR count). The lowest BCUT2D eigenvalue weighted by Gasteiger charge is -2.37. The number of benzene rings is 2. The molecular weight excluding hydrogens is 303 g/mol. The summed E-state index contributed by atoms with van der Waals surface area (Å²) in [6.45, 7) is 0.0359. The zero-order valence-electron chi connectivity index (χ0n) is 13.1. The van der Waals surface area contributed by atoms with Crippen molar-refractivity contribution in [3.63, 3.8) is 0 Å². The second kappa shape index (κ2) is 6.01. The molecule has 120 valence electrons. The van der Waals surface area contributed by atoms with E-state index in [2.05, 4.69) is 17.5 Å². The summed E-state index contributed by atoms with van der Waals surface area (Å²) in [6.07, 6.45) is 5.36. The number of hydrogen-bond acceptors (Lipinski definition) is 3. The van der Waals surface area contributed by atoms with Crippen LogP contribution >= 0.6 is 0 Å². The van der Waals surface area contributed by atoms with E-state index in [9.17, 15) is 4.39 Å². The summed E-state index contributed by atoms with van der Waals surface area (Å²) in [4.78, 5) is 0. The highest BCUT2D eigenvalue weighted by Crippen LogP contribution is 2.50. The van der Waals surface area contributed by atoms with E-state index in [0.29, 0.717) is 17.4 Å². The van der Waals surface area contributed by atoms with Gasteiger partial charge in [0.15, 0.2) is 6.61 Å². The fourth-order valence-corrected chi connectivity index (χ4v) is 3.80. The lowest BCUT2D eigenvalue weighted by atomic mass is 9.77. The number of rotatable bonds is 3. The summed E-state index contributed by atoms with van der Waals surface area (Å²) in [5.41, 5.74) is 2.76. The number of nitrogens with zero attached hydrogens (tertiary/aromatic N) is 1. The van der Waals surface area contributed by atoms with Crippen molar-refractivity contribution in [1.82, 2.24) is 0 Å². The van der Waals surface area contributed by atoms with Crippen LogP contribution in [-0.2, 0) is 0 Å². The summed E-state index contributed by atoms with van der Waals surface area (Å²) in [7, 11) is 0. The minimum atomic E-state index is -0.203. The Labute approximate surface area is 140 Å². The minimum absolute atomic E-state index is 0.0359. The number of para-hydroxylation sites is 1. The largest absolute Gasteiger partial charge is 0.479 e. The van der Waals surface area contributed by atoms with Crippen molar-refractivity contribution in [1.29, 1.82) is 5.26 Å². The molecule has 0 fully saturated rings. The van der Waals surface area contributed by atoms with Gasteiger partial charge in [-0.2, -0.15) is 5.26 Å². The van der Waals surface area contributed by atoms with E-state index in [0.717, 1.165) is 17.5 Å². The molecule has 0 radical (unpaired) electrons. The summed E-state index contributed by atoms with van der Waals surface area (Å²) in [5.74, 6) is 1.09. The molecule has 0 saturated heterocycles. The SMILES string of the molecule is N#CCOc1ccc([C@@H]2Nc3c(F)cccc3[C@H]3C=CC[C@@H]32)cc1. The fraction of sp³-hybridized carbons (Fsp3) is 0.250. The van der Waals surface area contributed by atoms with Crippen molar-refractivity contribution in [2.75, 3.05) is 11.9 Å². The van der Waals surface area contributed by atoms with Gasteiger partial charge in [-0.25, -0.2) is 4.39 Å². The number of fused-ring (bicyclic) bond motifs is 3. The molecule has 0 spiro atoms. The Hall–Kier alpha value is -2.80. The molecule has 0 bridgehead atoms. The molecule has 1 heterocycles. The van der Waals surface area contributed by atoms with Crippen molar-refractivity contribution in [3.05, 3.63) is 71.6 Å². The van der Waals surface area contributed by atoms with Crippen LogP contribution in [0.1, 0.15) is 29.5 Å². The van der Waals surface area contributed by atoms with Crippen LogP contribution in [0, 0.1) is 23.1 Å². The van der Waals surface area contributed by atoms with Crippen molar-refractivity contribution < 1.29 is 9.13 Å². The van der Waals surface area contributed by atoms with Gasteiger partial charge in [0.1, 0.15) is 17.6 Å². The molecule has 4 heteroatoms. The molecule has 1 N–H and O–H groups in total. The Morgan fingerprint density at radius 3 is 2.83 bits per heavy atom. The van der Waals surface area contributed by atoms with Gasteiger partial charge in [-0.1, -0.05) is 36.4 Å². The molecule has 3 nitrogen and oxygen atoms in total. The minimum Gasteiger partial charge on any atom is -0.479 e. The molecule has 2 aromatic rings. The Morgan fingerprint density at radius 2 is 2.04 bits per heavy atom. The van der Waals surface area contributed by atoms with Gasteiger partial charge in [0.25, 0.3) is 0 Å². The normalized spacial score (nSPS) is 23.8. The molecule has 2 aliphatic rings. The molecular formula is C20H17FN2O. The summed E-state index contributed by atoms with van der Waals surface area (Å²) in [5, 5.41) is 12.0. The average Bonchev–Trinajstić information content (AvgIpc) is 3.10. The Bertz CT molecular complexity index is 823. The van der Waals surface area contributed by atoms with Crippen LogP contribution in [0.3, 0.4) is 0 Å². The van der Waals surface area contributed by atoms with E-state index >= 15 is 0 Å². The Morgan fingerprint density at radius 1 is 1.21 bits per heavy atom. The van der Waals surface area contributed by atoms with Gasteiger partial charge in [0.2, 0.25) is 0 Å². The predicted octanol–water partition coefficient (Wildman–Crippen LogP) is 4.55. The quantitative estimate of drug-likeness (QED) is 0.844. The molecule has 0 aromatic heterocycles. The van der Waals surface area contributed by atoms with E-state index in [4.69, 9.17) is 10.00 Å². The van der Waals surface area contributed by atoms with Gasteiger partial charge in [0, 0.05) is 5.92 Å². The first-order valence-electron chi connectivity index (χ1n) is 8.09. The average molecular weight is 320 g/mol. The van der Waals surface area contributed by atoms with Gasteiger partial charge in [-0.15, -0.1) is 0 Å². The first-order chi connectivity index (χ1) is 11.8. The highest BCUT2D eigenvalue weighted by molar-refractivity contribution is 5.60. The smallest absolute Gasteiger partial charge is 0.174 e. The van der Waals surface area contributed by atoms with Crippen molar-refractivity contribution in [2.45, 2.75) is 18.4 Å². The van der Waals surface area contributed by atoms with Crippen LogP contribution < -0.4 is 10.1 Å². The lowest BCUT2D eigenvalue weighted by Crippen LogP contribution is -2.29. The highest BCUT2D eigenvalue weighted by Gasteiger charge is 2.38. The predicted molar refractivity (Wildman–Crippen MR) is 90.3 cm³/mol. The maximum atomic E-state index is 14.3. The molecule has 2 aromatic carbocycles. The van der Waals surface area contributed by atoms with Crippen molar-refractivity contribution in [2.24, 2.45) is 5.92 Å². The third-order valence-corrected chi connectivity index (χ3v) is 4.89. The second-order valence-corrected chi connectivity index (χ2v) is 6.20. The second-order valence-electron chi connectivity index (χ2n) is 6.20. The van der Waals surface area contributed by atoms with E-state index in [1.54, 1.807) is 6.07 Å². The molecule has 0 saturated carbocycles. The fourth-order valence-electron chi connectivity index (χ4n) is 3.80. The van der Waals surface area contributed by atoms with Crippen LogP contribution in [0.15, 0.2) is 54.6 Å². The first-order valence-corrected chi connectivity index (χ1v) is 8.09. The van der Waals surface area contributed by atoms with Gasteiger partial charge >= 0.3 is 0 Å². The van der Waals surface area contributed by atoms with E-state index in [1.807, 2.05) is 36.4 Å². The number of nitriles is 1. The van der Waals surface area contributed by atoms with Crippen LogP contribution in [0.25, 0.3) is 0 Å². The number of allylic oxidation sites excluding steroid dienone is 2. The van der Waals surface area contributed by atoms with Gasteiger partial charge in [-0.3, -0.25) is 0 Å². The summed E-state index contributed by atoms with van der Waals surface area (Å²) >= 11 is 0. The maximum Gasteiger partial charge on any atom is 0.174 e. The topological polar surface area (TPSA) is 45.0 Å². The van der Waals surface area contributed by atoms with Crippen LogP contribution in [-0.4, -0.2) is 6.61 Å². The first kappa shape index (κ1) is 14.8. The number of anilines is 1. The zero-order valence-corrected chi connectivity index (χ0v) is 13.1. The lowest BCUT2D eigenvalue weighted by molar-refractivity contribution is 0.367. The van der Waals surface area contributed by atoms with Crippen LogP contribution in [0.4, 0.5) is 10.1 Å². The molecule has 0 unspecified atom stereocenters. The van der Waals surface area contributed by atoms with Gasteiger partial charge in [0.05, 0.1) is 11.7 Å². The van der Waals surface area contributed by atoms with Gasteiger partial charge < -0.3 is 10.1 Å². The maximum absolute atomic E-state index is 14.3. The molecule has 0 amide bonds. The van der Waals surface area contributed by atoms with Crippen molar-refractivity contribution in [3.8, 4) is 11.8 Å².